The molecule has 0 aliphatic rings. The molecule has 0 aliphatic carbocycles. The van der Waals surface area contributed by atoms with Crippen molar-refractivity contribution in [1.82, 2.24) is 5.32 Å². The average molecular weight is 305 g/mol. The van der Waals surface area contributed by atoms with Gasteiger partial charge < -0.3 is 15.2 Å². The minimum atomic E-state index is -2.67. The van der Waals surface area contributed by atoms with Crippen molar-refractivity contribution in [3.05, 3.63) is 29.8 Å². The molecule has 1 rings (SSSR count). The van der Waals surface area contributed by atoms with E-state index in [0.717, 1.165) is 0 Å². The Balaban J connectivity index is 2.88. The van der Waals surface area contributed by atoms with Crippen molar-refractivity contribution in [2.45, 2.75) is 16.7 Å². The van der Waals surface area contributed by atoms with Crippen molar-refractivity contribution < 1.29 is 28.2 Å². The summed E-state index contributed by atoms with van der Waals surface area (Å²) in [5.41, 5.74) is 0.000142. The molecule has 0 saturated heterocycles. The second-order valence-electron chi connectivity index (χ2n) is 3.69. The SMILES string of the molecule is COCC(NC(=O)c1ccccc1SC(F)F)C(=O)O. The highest BCUT2D eigenvalue weighted by atomic mass is 32.2. The predicted octanol–water partition coefficient (Wildman–Crippen LogP) is 1.83. The zero-order chi connectivity index (χ0) is 15.1. The second kappa shape index (κ2) is 7.81. The van der Waals surface area contributed by atoms with Gasteiger partial charge in [-0.15, -0.1) is 0 Å². The molecule has 110 valence electrons. The summed E-state index contributed by atoms with van der Waals surface area (Å²) >= 11 is 0.229. The van der Waals surface area contributed by atoms with E-state index in [1.807, 2.05) is 0 Å². The molecule has 8 heteroatoms. The number of rotatable bonds is 7. The van der Waals surface area contributed by atoms with Crippen molar-refractivity contribution in [1.29, 1.82) is 0 Å². The second-order valence-corrected chi connectivity index (χ2v) is 4.73. The van der Waals surface area contributed by atoms with Crippen molar-refractivity contribution in [3.8, 4) is 0 Å². The first kappa shape index (κ1) is 16.4. The molecule has 1 amide bonds. The number of carboxylic acid groups (broad SMARTS) is 1. The van der Waals surface area contributed by atoms with Crippen molar-refractivity contribution in [3.63, 3.8) is 0 Å². The third-order valence-electron chi connectivity index (χ3n) is 2.28. The first-order chi connectivity index (χ1) is 9.45. The Bertz CT molecular complexity index is 484. The summed E-state index contributed by atoms with van der Waals surface area (Å²) in [5.74, 6) is -4.67. The number of aliphatic carboxylic acids is 1. The fraction of sp³-hybridized carbons (Fsp3) is 0.333. The highest BCUT2D eigenvalue weighted by molar-refractivity contribution is 7.99. The van der Waals surface area contributed by atoms with Crippen LogP contribution in [0.25, 0.3) is 0 Å². The van der Waals surface area contributed by atoms with Crippen LogP contribution in [0.5, 0.6) is 0 Å². The van der Waals surface area contributed by atoms with Crippen LogP contribution in [-0.2, 0) is 9.53 Å². The predicted molar refractivity (Wildman–Crippen MR) is 69.1 cm³/mol. The van der Waals surface area contributed by atoms with Crippen LogP contribution in [-0.4, -0.2) is 42.5 Å². The Morgan fingerprint density at radius 1 is 1.40 bits per heavy atom. The maximum Gasteiger partial charge on any atom is 0.328 e. The summed E-state index contributed by atoms with van der Waals surface area (Å²) < 4.78 is 29.5. The molecule has 0 aromatic heterocycles. The Labute approximate surface area is 118 Å². The Morgan fingerprint density at radius 2 is 2.05 bits per heavy atom. The average Bonchev–Trinajstić information content (AvgIpc) is 2.37. The van der Waals surface area contributed by atoms with Crippen LogP contribution in [0.2, 0.25) is 0 Å². The van der Waals surface area contributed by atoms with Crippen LogP contribution in [0.3, 0.4) is 0 Å². The Morgan fingerprint density at radius 3 is 2.60 bits per heavy atom. The van der Waals surface area contributed by atoms with Crippen LogP contribution in [0.1, 0.15) is 10.4 Å². The van der Waals surface area contributed by atoms with Gasteiger partial charge in [0.15, 0.2) is 6.04 Å². The van der Waals surface area contributed by atoms with E-state index in [9.17, 15) is 18.4 Å². The highest BCUT2D eigenvalue weighted by Gasteiger charge is 2.22. The Hall–Kier alpha value is -1.67. The maximum absolute atomic E-state index is 12.4. The van der Waals surface area contributed by atoms with Gasteiger partial charge in [0.2, 0.25) is 0 Å². The van der Waals surface area contributed by atoms with Crippen molar-refractivity contribution in [2.75, 3.05) is 13.7 Å². The summed E-state index contributed by atoms with van der Waals surface area (Å²) in [6, 6.07) is 4.52. The summed E-state index contributed by atoms with van der Waals surface area (Å²) in [6.45, 7) is -0.217. The first-order valence-electron chi connectivity index (χ1n) is 5.52. The molecular weight excluding hydrogens is 292 g/mol. The fourth-order valence-corrected chi connectivity index (χ4v) is 2.07. The smallest absolute Gasteiger partial charge is 0.328 e. The van der Waals surface area contributed by atoms with E-state index in [1.54, 1.807) is 0 Å². The number of ether oxygens (including phenoxy) is 1. The molecule has 0 aliphatic heterocycles. The lowest BCUT2D eigenvalue weighted by Gasteiger charge is -2.15. The number of methoxy groups -OCH3 is 1. The molecule has 2 N–H and O–H groups in total. The van der Waals surface area contributed by atoms with Crippen LogP contribution in [0, 0.1) is 0 Å². The molecule has 20 heavy (non-hydrogen) atoms. The summed E-state index contributed by atoms with van der Waals surface area (Å²) in [6.07, 6.45) is 0. The van der Waals surface area contributed by atoms with Gasteiger partial charge in [-0.05, 0) is 12.1 Å². The monoisotopic (exact) mass is 305 g/mol. The molecule has 1 atom stereocenters. The summed E-state index contributed by atoms with van der Waals surface area (Å²) in [4.78, 5) is 22.9. The van der Waals surface area contributed by atoms with Gasteiger partial charge in [-0.1, -0.05) is 23.9 Å². The van der Waals surface area contributed by atoms with Gasteiger partial charge in [0.05, 0.1) is 12.2 Å². The molecule has 1 aromatic carbocycles. The molecule has 0 radical (unpaired) electrons. The standard InChI is InChI=1S/C12H13F2NO4S/c1-19-6-8(11(17)18)15-10(16)7-4-2-3-5-9(7)20-12(13)14/h2-5,8,12H,6H2,1H3,(H,15,16)(H,17,18). The van der Waals surface area contributed by atoms with E-state index >= 15 is 0 Å². The van der Waals surface area contributed by atoms with E-state index < -0.39 is 23.7 Å². The van der Waals surface area contributed by atoms with Gasteiger partial charge in [0.25, 0.3) is 11.7 Å². The third-order valence-corrected chi connectivity index (χ3v) is 3.07. The zero-order valence-electron chi connectivity index (χ0n) is 10.5. The molecule has 0 bridgehead atoms. The molecule has 1 unspecified atom stereocenters. The van der Waals surface area contributed by atoms with Crippen molar-refractivity contribution >= 4 is 23.6 Å². The number of hydrogen-bond donors (Lipinski definition) is 2. The normalized spacial score (nSPS) is 12.2. The van der Waals surface area contributed by atoms with E-state index in [0.29, 0.717) is 0 Å². The van der Waals surface area contributed by atoms with Crippen molar-refractivity contribution in [2.24, 2.45) is 0 Å². The lowest BCUT2D eigenvalue weighted by Crippen LogP contribution is -2.43. The molecule has 0 saturated carbocycles. The summed E-state index contributed by atoms with van der Waals surface area (Å²) in [5, 5.41) is 11.1. The number of carboxylic acids is 1. The van der Waals surface area contributed by atoms with E-state index in [2.05, 4.69) is 10.1 Å². The fourth-order valence-electron chi connectivity index (χ4n) is 1.43. The molecule has 0 fully saturated rings. The van der Waals surface area contributed by atoms with Crippen LogP contribution >= 0.6 is 11.8 Å². The van der Waals surface area contributed by atoms with E-state index in [1.165, 1.54) is 31.4 Å². The molecule has 1 aromatic rings. The summed E-state index contributed by atoms with van der Waals surface area (Å²) in [7, 11) is 1.29. The number of thioether (sulfide) groups is 1. The quantitative estimate of drug-likeness (QED) is 0.752. The highest BCUT2D eigenvalue weighted by Crippen LogP contribution is 2.28. The number of carbonyl (C=O) groups excluding carboxylic acids is 1. The minimum Gasteiger partial charge on any atom is -0.480 e. The van der Waals surface area contributed by atoms with Gasteiger partial charge in [0.1, 0.15) is 0 Å². The van der Waals surface area contributed by atoms with Gasteiger partial charge in [-0.2, -0.15) is 8.78 Å². The minimum absolute atomic E-state index is 0.000142. The van der Waals surface area contributed by atoms with E-state index in [-0.39, 0.29) is 28.8 Å². The number of amides is 1. The number of alkyl halides is 2. The third kappa shape index (κ3) is 4.78. The Kier molecular flexibility index (Phi) is 6.40. The first-order valence-corrected chi connectivity index (χ1v) is 6.40. The lowest BCUT2D eigenvalue weighted by atomic mass is 10.2. The van der Waals surface area contributed by atoms with Gasteiger partial charge in [-0.25, -0.2) is 4.79 Å². The van der Waals surface area contributed by atoms with Gasteiger partial charge >= 0.3 is 5.97 Å². The number of carbonyl (C=O) groups is 2. The topological polar surface area (TPSA) is 75.6 Å². The zero-order valence-corrected chi connectivity index (χ0v) is 11.3. The molecule has 0 heterocycles. The lowest BCUT2D eigenvalue weighted by molar-refractivity contribution is -0.140. The molecular formula is C12H13F2NO4S. The maximum atomic E-state index is 12.4. The van der Waals surface area contributed by atoms with Crippen LogP contribution in [0.4, 0.5) is 8.78 Å². The van der Waals surface area contributed by atoms with Crippen LogP contribution in [0.15, 0.2) is 29.2 Å². The number of nitrogens with one attached hydrogen (secondary N) is 1. The van der Waals surface area contributed by atoms with E-state index in [4.69, 9.17) is 5.11 Å². The largest absolute Gasteiger partial charge is 0.480 e. The molecule has 5 nitrogen and oxygen atoms in total. The van der Waals surface area contributed by atoms with Gasteiger partial charge in [0, 0.05) is 12.0 Å². The van der Waals surface area contributed by atoms with Crippen LogP contribution < -0.4 is 5.32 Å². The number of halogens is 2. The van der Waals surface area contributed by atoms with Gasteiger partial charge in [-0.3, -0.25) is 4.79 Å². The number of hydrogen-bond acceptors (Lipinski definition) is 4. The number of benzene rings is 1. The molecule has 0 spiro atoms.